The molecule has 0 unspecified atom stereocenters. The number of benzene rings is 1. The van der Waals surface area contributed by atoms with E-state index >= 15 is 0 Å². The van der Waals surface area contributed by atoms with Crippen molar-refractivity contribution in [2.45, 2.75) is 90.1 Å². The second kappa shape index (κ2) is 17.8. The molecule has 1 atom stereocenters. The Kier molecular flexibility index (Phi) is 15.4. The molecule has 6 heteroatoms. The molecule has 4 N–H and O–H groups in total. The molecule has 0 heterocycles. The quantitative estimate of drug-likeness (QED) is 0.256. The van der Waals surface area contributed by atoms with Crippen LogP contribution in [0.1, 0.15) is 83.1 Å². The van der Waals surface area contributed by atoms with E-state index < -0.39 is 6.09 Å². The van der Waals surface area contributed by atoms with E-state index in [9.17, 15) is 9.59 Å². The van der Waals surface area contributed by atoms with Crippen molar-refractivity contribution < 1.29 is 14.7 Å². The van der Waals surface area contributed by atoms with Crippen LogP contribution in [0.2, 0.25) is 0 Å². The molecule has 0 saturated carbocycles. The first kappa shape index (κ1) is 26.0. The minimum Gasteiger partial charge on any atom is -0.465 e. The molecule has 30 heavy (non-hydrogen) atoms. The average Bonchev–Trinajstić information content (AvgIpc) is 2.74. The maximum Gasteiger partial charge on any atom is 0.404 e. The van der Waals surface area contributed by atoms with Gasteiger partial charge in [0.15, 0.2) is 0 Å². The summed E-state index contributed by atoms with van der Waals surface area (Å²) in [6.45, 7) is 4.01. The smallest absolute Gasteiger partial charge is 0.404 e. The summed E-state index contributed by atoms with van der Waals surface area (Å²) in [5.41, 5.74) is 1.14. The summed E-state index contributed by atoms with van der Waals surface area (Å²) in [6, 6.07) is 9.78. The van der Waals surface area contributed by atoms with Crippen LogP contribution in [-0.2, 0) is 11.3 Å². The van der Waals surface area contributed by atoms with Crippen molar-refractivity contribution in [2.75, 3.05) is 13.1 Å². The number of amides is 2. The zero-order valence-corrected chi connectivity index (χ0v) is 18.6. The summed E-state index contributed by atoms with van der Waals surface area (Å²) in [7, 11) is 0. The highest BCUT2D eigenvalue weighted by molar-refractivity contribution is 5.81. The topological polar surface area (TPSA) is 90.5 Å². The van der Waals surface area contributed by atoms with Crippen LogP contribution in [0.4, 0.5) is 4.79 Å². The van der Waals surface area contributed by atoms with E-state index in [-0.39, 0.29) is 11.9 Å². The fourth-order valence-electron chi connectivity index (χ4n) is 3.43. The van der Waals surface area contributed by atoms with E-state index in [2.05, 4.69) is 22.9 Å². The Hall–Kier alpha value is -2.08. The van der Waals surface area contributed by atoms with Gasteiger partial charge < -0.3 is 21.1 Å². The van der Waals surface area contributed by atoms with Gasteiger partial charge in [0.05, 0.1) is 6.04 Å². The fraction of sp³-hybridized carbons (Fsp3) is 0.667. The third kappa shape index (κ3) is 14.0. The molecule has 0 aliphatic carbocycles. The minimum absolute atomic E-state index is 0.0417. The maximum atomic E-state index is 12.7. The van der Waals surface area contributed by atoms with Crippen LogP contribution in [0.3, 0.4) is 0 Å². The molecule has 1 aromatic rings. The van der Waals surface area contributed by atoms with Crippen LogP contribution in [-0.4, -0.2) is 36.2 Å². The molecule has 170 valence electrons. The zero-order chi connectivity index (χ0) is 21.9. The third-order valence-corrected chi connectivity index (χ3v) is 5.24. The minimum atomic E-state index is -1.00. The molecular weight excluding hydrogens is 378 g/mol. The molecular formula is C24H41N3O3. The lowest BCUT2D eigenvalue weighted by atomic mass is 10.1. The van der Waals surface area contributed by atoms with Gasteiger partial charge in [0.25, 0.3) is 0 Å². The first-order chi connectivity index (χ1) is 14.6. The largest absolute Gasteiger partial charge is 0.465 e. The Balaban J connectivity index is 2.29. The van der Waals surface area contributed by atoms with Crippen LogP contribution < -0.4 is 16.0 Å². The molecule has 1 rings (SSSR count). The molecule has 0 saturated heterocycles. The number of rotatable bonds is 18. The van der Waals surface area contributed by atoms with E-state index in [1.807, 2.05) is 30.3 Å². The van der Waals surface area contributed by atoms with Crippen molar-refractivity contribution in [3.8, 4) is 0 Å². The molecule has 0 aromatic heterocycles. The SMILES string of the molecule is CCCCCCCCCCNC(=O)[C@H](CCCCNC(=O)O)NCc1ccccc1. The molecule has 0 fully saturated rings. The first-order valence-electron chi connectivity index (χ1n) is 11.6. The van der Waals surface area contributed by atoms with Crippen molar-refractivity contribution in [3.05, 3.63) is 35.9 Å². The van der Waals surface area contributed by atoms with Crippen LogP contribution in [0.15, 0.2) is 30.3 Å². The Morgan fingerprint density at radius 3 is 2.10 bits per heavy atom. The average molecular weight is 420 g/mol. The van der Waals surface area contributed by atoms with Gasteiger partial charge in [-0.05, 0) is 31.2 Å². The van der Waals surface area contributed by atoms with Gasteiger partial charge in [-0.3, -0.25) is 4.79 Å². The number of nitrogens with one attached hydrogen (secondary N) is 3. The molecule has 0 radical (unpaired) electrons. The van der Waals surface area contributed by atoms with E-state index in [1.54, 1.807) is 0 Å². The molecule has 0 aliphatic rings. The van der Waals surface area contributed by atoms with Crippen LogP contribution in [0, 0.1) is 0 Å². The Labute approximate surface area is 182 Å². The highest BCUT2D eigenvalue weighted by Crippen LogP contribution is 2.08. The second-order valence-electron chi connectivity index (χ2n) is 7.91. The van der Waals surface area contributed by atoms with Gasteiger partial charge in [-0.15, -0.1) is 0 Å². The lowest BCUT2D eigenvalue weighted by Gasteiger charge is -2.19. The maximum absolute atomic E-state index is 12.7. The summed E-state index contributed by atoms with van der Waals surface area (Å²) in [4.78, 5) is 23.2. The molecule has 0 bridgehead atoms. The van der Waals surface area contributed by atoms with Crippen LogP contribution in [0.5, 0.6) is 0 Å². The van der Waals surface area contributed by atoms with E-state index in [1.165, 1.54) is 38.5 Å². The monoisotopic (exact) mass is 419 g/mol. The summed E-state index contributed by atoms with van der Waals surface area (Å²) >= 11 is 0. The van der Waals surface area contributed by atoms with Crippen molar-refractivity contribution in [1.29, 1.82) is 0 Å². The first-order valence-corrected chi connectivity index (χ1v) is 11.6. The van der Waals surface area contributed by atoms with Crippen molar-refractivity contribution in [1.82, 2.24) is 16.0 Å². The van der Waals surface area contributed by atoms with E-state index in [4.69, 9.17) is 5.11 Å². The Morgan fingerprint density at radius 2 is 1.43 bits per heavy atom. The fourth-order valence-corrected chi connectivity index (χ4v) is 3.43. The van der Waals surface area contributed by atoms with E-state index in [0.717, 1.165) is 37.8 Å². The van der Waals surface area contributed by atoms with Crippen LogP contribution in [0.25, 0.3) is 0 Å². The standard InChI is InChI=1S/C24H41N3O3/c1-2-3-4-5-6-7-8-13-18-25-23(28)22(17-12-14-19-26-24(29)30)27-20-21-15-10-9-11-16-21/h9-11,15-16,22,26-27H,2-8,12-14,17-20H2,1H3,(H,25,28)(H,29,30)/t22-/m0/s1. The normalized spacial score (nSPS) is 11.8. The zero-order valence-electron chi connectivity index (χ0n) is 18.6. The molecule has 1 aromatic carbocycles. The predicted octanol–water partition coefficient (Wildman–Crippen LogP) is 4.84. The Morgan fingerprint density at radius 1 is 0.833 bits per heavy atom. The summed E-state index contributed by atoms with van der Waals surface area (Å²) < 4.78 is 0. The highest BCUT2D eigenvalue weighted by Gasteiger charge is 2.17. The summed E-state index contributed by atoms with van der Waals surface area (Å²) in [6.07, 6.45) is 11.2. The number of carbonyl (C=O) groups is 2. The van der Waals surface area contributed by atoms with Gasteiger partial charge in [-0.2, -0.15) is 0 Å². The van der Waals surface area contributed by atoms with Gasteiger partial charge in [0.2, 0.25) is 5.91 Å². The van der Waals surface area contributed by atoms with Gasteiger partial charge in [0.1, 0.15) is 0 Å². The molecule has 6 nitrogen and oxygen atoms in total. The number of unbranched alkanes of at least 4 members (excludes halogenated alkanes) is 8. The van der Waals surface area contributed by atoms with Gasteiger partial charge in [-0.25, -0.2) is 4.79 Å². The van der Waals surface area contributed by atoms with Gasteiger partial charge in [0, 0.05) is 19.6 Å². The van der Waals surface area contributed by atoms with Gasteiger partial charge >= 0.3 is 6.09 Å². The Bertz CT molecular complexity index is 566. The second-order valence-corrected chi connectivity index (χ2v) is 7.91. The van der Waals surface area contributed by atoms with E-state index in [0.29, 0.717) is 19.5 Å². The number of carboxylic acid groups (broad SMARTS) is 1. The number of hydrogen-bond donors (Lipinski definition) is 4. The molecule has 0 aliphatic heterocycles. The number of carbonyl (C=O) groups excluding carboxylic acids is 1. The third-order valence-electron chi connectivity index (χ3n) is 5.24. The van der Waals surface area contributed by atoms with Gasteiger partial charge in [-0.1, -0.05) is 82.2 Å². The predicted molar refractivity (Wildman–Crippen MR) is 123 cm³/mol. The summed E-state index contributed by atoms with van der Waals surface area (Å²) in [5.74, 6) is 0.0417. The molecule has 2 amide bonds. The highest BCUT2D eigenvalue weighted by atomic mass is 16.4. The molecule has 0 spiro atoms. The van der Waals surface area contributed by atoms with Crippen LogP contribution >= 0.6 is 0 Å². The van der Waals surface area contributed by atoms with Crippen molar-refractivity contribution in [2.24, 2.45) is 0 Å². The lowest BCUT2D eigenvalue weighted by Crippen LogP contribution is -2.44. The number of hydrogen-bond acceptors (Lipinski definition) is 3. The summed E-state index contributed by atoms with van der Waals surface area (Å²) in [5, 5.41) is 17.5. The lowest BCUT2D eigenvalue weighted by molar-refractivity contribution is -0.123. The van der Waals surface area contributed by atoms with Crippen molar-refractivity contribution >= 4 is 12.0 Å². The van der Waals surface area contributed by atoms with Crippen molar-refractivity contribution in [3.63, 3.8) is 0 Å².